The Morgan fingerprint density at radius 3 is 2.61 bits per heavy atom. The first-order valence-electron chi connectivity index (χ1n) is 6.31. The standard InChI is InChI=1S/C12H23N5O/c1-16-11(15)10(14)12(17-8-13)18-7-9-5-3-2-4-6-9/h9,15,17H,1-8,13-14H2. The van der Waals surface area contributed by atoms with Crippen molar-refractivity contribution in [1.29, 1.82) is 5.41 Å². The third-order valence-electron chi connectivity index (χ3n) is 3.11. The summed E-state index contributed by atoms with van der Waals surface area (Å²) in [6.45, 7) is 4.08. The first kappa shape index (κ1) is 14.5. The molecule has 1 fully saturated rings. The smallest absolute Gasteiger partial charge is 0.215 e. The van der Waals surface area contributed by atoms with Gasteiger partial charge in [0.15, 0.2) is 5.84 Å². The van der Waals surface area contributed by atoms with Crippen molar-refractivity contribution < 1.29 is 4.74 Å². The maximum Gasteiger partial charge on any atom is 0.215 e. The van der Waals surface area contributed by atoms with Crippen molar-refractivity contribution in [1.82, 2.24) is 5.32 Å². The Bertz CT molecular complexity index is 320. The highest BCUT2D eigenvalue weighted by molar-refractivity contribution is 5.98. The van der Waals surface area contributed by atoms with Crippen molar-refractivity contribution in [3.8, 4) is 0 Å². The van der Waals surface area contributed by atoms with E-state index in [9.17, 15) is 0 Å². The Kier molecular flexibility index (Phi) is 6.21. The van der Waals surface area contributed by atoms with Crippen molar-refractivity contribution in [2.45, 2.75) is 32.1 Å². The van der Waals surface area contributed by atoms with Crippen LogP contribution < -0.4 is 16.8 Å². The molecule has 18 heavy (non-hydrogen) atoms. The van der Waals surface area contributed by atoms with Crippen LogP contribution >= 0.6 is 0 Å². The van der Waals surface area contributed by atoms with Crippen LogP contribution in [0.3, 0.4) is 0 Å². The second-order valence-electron chi connectivity index (χ2n) is 4.45. The summed E-state index contributed by atoms with van der Waals surface area (Å²) < 4.78 is 5.64. The van der Waals surface area contributed by atoms with Crippen LogP contribution in [0.1, 0.15) is 32.1 Å². The number of hydrogen-bond donors (Lipinski definition) is 4. The van der Waals surface area contributed by atoms with Crippen molar-refractivity contribution >= 4 is 12.6 Å². The van der Waals surface area contributed by atoms with Crippen molar-refractivity contribution in [3.05, 3.63) is 11.6 Å². The van der Waals surface area contributed by atoms with E-state index >= 15 is 0 Å². The Morgan fingerprint density at radius 1 is 1.39 bits per heavy atom. The monoisotopic (exact) mass is 253 g/mol. The SMILES string of the molecule is C=NC(=N)C(N)=C(NCN)OCC1CCCCC1. The van der Waals surface area contributed by atoms with Gasteiger partial charge in [0, 0.05) is 0 Å². The Hall–Kier alpha value is -1.56. The van der Waals surface area contributed by atoms with Gasteiger partial charge in [0.1, 0.15) is 5.70 Å². The fourth-order valence-corrected chi connectivity index (χ4v) is 2.06. The molecule has 1 rings (SSSR count). The average molecular weight is 253 g/mol. The zero-order valence-corrected chi connectivity index (χ0v) is 10.7. The fraction of sp³-hybridized carbons (Fsp3) is 0.667. The first-order valence-corrected chi connectivity index (χ1v) is 6.31. The average Bonchev–Trinajstić information content (AvgIpc) is 2.43. The second kappa shape index (κ2) is 7.71. The van der Waals surface area contributed by atoms with E-state index in [1.807, 2.05) is 0 Å². The Labute approximate surface area is 108 Å². The summed E-state index contributed by atoms with van der Waals surface area (Å²) in [7, 11) is 0. The molecule has 1 saturated carbocycles. The van der Waals surface area contributed by atoms with Gasteiger partial charge in [-0.15, -0.1) is 0 Å². The normalized spacial score (nSPS) is 17.8. The predicted molar refractivity (Wildman–Crippen MR) is 73.2 cm³/mol. The molecule has 102 valence electrons. The van der Waals surface area contributed by atoms with Crippen LogP contribution in [-0.4, -0.2) is 25.8 Å². The number of nitrogens with one attached hydrogen (secondary N) is 2. The summed E-state index contributed by atoms with van der Waals surface area (Å²) in [4.78, 5) is 3.48. The van der Waals surface area contributed by atoms with Gasteiger partial charge >= 0.3 is 0 Å². The number of nitrogens with two attached hydrogens (primary N) is 2. The van der Waals surface area contributed by atoms with Crippen LogP contribution in [0.25, 0.3) is 0 Å². The molecule has 0 amide bonds. The predicted octanol–water partition coefficient (Wildman–Crippen LogP) is 0.895. The van der Waals surface area contributed by atoms with E-state index in [1.54, 1.807) is 0 Å². The minimum Gasteiger partial charge on any atom is -0.477 e. The molecule has 0 spiro atoms. The maximum absolute atomic E-state index is 7.50. The number of nitrogens with zero attached hydrogens (tertiary/aromatic N) is 1. The van der Waals surface area contributed by atoms with Gasteiger partial charge in [0.25, 0.3) is 0 Å². The zero-order valence-electron chi connectivity index (χ0n) is 10.7. The third kappa shape index (κ3) is 4.37. The molecule has 0 radical (unpaired) electrons. The van der Waals surface area contributed by atoms with Crippen LogP contribution in [-0.2, 0) is 4.74 Å². The topological polar surface area (TPSA) is 110 Å². The molecule has 0 aromatic carbocycles. The summed E-state index contributed by atoms with van der Waals surface area (Å²) >= 11 is 0. The van der Waals surface area contributed by atoms with Gasteiger partial charge in [-0.2, -0.15) is 0 Å². The van der Waals surface area contributed by atoms with Gasteiger partial charge in [-0.05, 0) is 25.5 Å². The molecule has 0 aromatic heterocycles. The molecule has 1 aliphatic carbocycles. The quantitative estimate of drug-likeness (QED) is 0.244. The Balaban J connectivity index is 2.56. The molecule has 0 bridgehead atoms. The molecule has 6 heteroatoms. The summed E-state index contributed by atoms with van der Waals surface area (Å²) in [5, 5.41) is 10.3. The largest absolute Gasteiger partial charge is 0.477 e. The summed E-state index contributed by atoms with van der Waals surface area (Å²) in [5.41, 5.74) is 11.3. The van der Waals surface area contributed by atoms with Crippen molar-refractivity contribution in [2.75, 3.05) is 13.3 Å². The number of aliphatic imine (C=N–C) groups is 1. The maximum atomic E-state index is 7.50. The van der Waals surface area contributed by atoms with E-state index in [4.69, 9.17) is 21.6 Å². The van der Waals surface area contributed by atoms with Gasteiger partial charge in [0.2, 0.25) is 5.88 Å². The highest BCUT2D eigenvalue weighted by Gasteiger charge is 2.16. The molecule has 0 atom stereocenters. The van der Waals surface area contributed by atoms with Gasteiger partial charge in [-0.1, -0.05) is 19.3 Å². The Morgan fingerprint density at radius 2 is 2.06 bits per heavy atom. The molecule has 6 nitrogen and oxygen atoms in total. The summed E-state index contributed by atoms with van der Waals surface area (Å²) in [6.07, 6.45) is 6.21. The molecule has 0 aromatic rings. The first-order chi connectivity index (χ1) is 8.69. The molecule has 0 heterocycles. The molecule has 1 aliphatic rings. The molecule has 6 N–H and O–H groups in total. The lowest BCUT2D eigenvalue weighted by atomic mass is 9.90. The van der Waals surface area contributed by atoms with E-state index in [-0.39, 0.29) is 18.2 Å². The lowest BCUT2D eigenvalue weighted by Crippen LogP contribution is -2.29. The molecule has 0 unspecified atom stereocenters. The zero-order chi connectivity index (χ0) is 13.4. The summed E-state index contributed by atoms with van der Waals surface area (Å²) in [5.74, 6) is 0.794. The second-order valence-corrected chi connectivity index (χ2v) is 4.45. The number of amidine groups is 1. The van der Waals surface area contributed by atoms with Crippen LogP contribution in [0.5, 0.6) is 0 Å². The number of hydrogen-bond acceptors (Lipinski definition) is 5. The van der Waals surface area contributed by atoms with Crippen LogP contribution in [0.4, 0.5) is 0 Å². The molecular weight excluding hydrogens is 230 g/mol. The van der Waals surface area contributed by atoms with Crippen molar-refractivity contribution in [3.63, 3.8) is 0 Å². The van der Waals surface area contributed by atoms with Crippen molar-refractivity contribution in [2.24, 2.45) is 22.4 Å². The molecule has 0 saturated heterocycles. The minimum atomic E-state index is -0.102. The van der Waals surface area contributed by atoms with Gasteiger partial charge in [-0.3, -0.25) is 5.41 Å². The van der Waals surface area contributed by atoms with E-state index in [0.717, 1.165) is 0 Å². The lowest BCUT2D eigenvalue weighted by Gasteiger charge is -2.23. The van der Waals surface area contributed by atoms with E-state index in [2.05, 4.69) is 17.0 Å². The van der Waals surface area contributed by atoms with Gasteiger partial charge in [0.05, 0.1) is 13.3 Å². The number of ether oxygens (including phenoxy) is 1. The van der Waals surface area contributed by atoms with Crippen LogP contribution in [0.2, 0.25) is 0 Å². The fourth-order valence-electron chi connectivity index (χ4n) is 2.06. The molecule has 0 aliphatic heterocycles. The van der Waals surface area contributed by atoms with Gasteiger partial charge < -0.3 is 21.5 Å². The van der Waals surface area contributed by atoms with E-state index in [1.165, 1.54) is 32.1 Å². The minimum absolute atomic E-state index is 0.102. The van der Waals surface area contributed by atoms with Crippen LogP contribution in [0.15, 0.2) is 16.6 Å². The van der Waals surface area contributed by atoms with E-state index in [0.29, 0.717) is 18.4 Å². The highest BCUT2D eigenvalue weighted by atomic mass is 16.5. The highest BCUT2D eigenvalue weighted by Crippen LogP contribution is 2.24. The summed E-state index contributed by atoms with van der Waals surface area (Å²) in [6, 6.07) is 0. The number of rotatable bonds is 6. The third-order valence-corrected chi connectivity index (χ3v) is 3.11. The van der Waals surface area contributed by atoms with Crippen LogP contribution in [0, 0.1) is 11.3 Å². The van der Waals surface area contributed by atoms with Gasteiger partial charge in [-0.25, -0.2) is 4.99 Å². The molecular formula is C12H23N5O. The lowest BCUT2D eigenvalue weighted by molar-refractivity contribution is 0.127. The van der Waals surface area contributed by atoms with E-state index < -0.39 is 0 Å².